The van der Waals surface area contributed by atoms with Crippen LogP contribution in [0.2, 0.25) is 0 Å². The molecule has 0 aromatic carbocycles. The Balaban J connectivity index is 2.38. The van der Waals surface area contributed by atoms with Crippen LogP contribution in [0, 0.1) is 0 Å². The SMILES string of the molecule is CC1CN(S(=O)(=O)c2cc(Br)cnc2N)CCCO1. The highest BCUT2D eigenvalue weighted by atomic mass is 79.9. The van der Waals surface area contributed by atoms with E-state index in [-0.39, 0.29) is 16.8 Å². The van der Waals surface area contributed by atoms with Crippen LogP contribution in [0.25, 0.3) is 0 Å². The molecule has 1 fully saturated rings. The number of nitrogens with zero attached hydrogens (tertiary/aromatic N) is 2. The molecule has 1 aliphatic heterocycles. The van der Waals surface area contributed by atoms with Crippen molar-refractivity contribution >= 4 is 31.8 Å². The van der Waals surface area contributed by atoms with Crippen LogP contribution in [-0.4, -0.2) is 43.5 Å². The third-order valence-electron chi connectivity index (χ3n) is 2.88. The molecule has 2 heterocycles. The molecule has 1 aromatic rings. The minimum absolute atomic E-state index is 0.0148. The summed E-state index contributed by atoms with van der Waals surface area (Å²) < 4.78 is 32.6. The number of halogens is 1. The van der Waals surface area contributed by atoms with Crippen LogP contribution in [-0.2, 0) is 14.8 Å². The van der Waals surface area contributed by atoms with Crippen LogP contribution in [0.5, 0.6) is 0 Å². The molecule has 2 rings (SSSR count). The number of nitrogens with two attached hydrogens (primary N) is 1. The Morgan fingerprint density at radius 2 is 2.32 bits per heavy atom. The Kier molecular flexibility index (Phi) is 4.44. The van der Waals surface area contributed by atoms with E-state index in [1.165, 1.54) is 16.6 Å². The topological polar surface area (TPSA) is 85.5 Å². The zero-order valence-electron chi connectivity index (χ0n) is 10.5. The number of hydrogen-bond acceptors (Lipinski definition) is 5. The van der Waals surface area contributed by atoms with Gasteiger partial charge in [0.05, 0.1) is 6.10 Å². The predicted octanol–water partition coefficient (Wildman–Crippen LogP) is 1.23. The van der Waals surface area contributed by atoms with Gasteiger partial charge >= 0.3 is 0 Å². The zero-order valence-corrected chi connectivity index (χ0v) is 12.9. The van der Waals surface area contributed by atoms with E-state index in [9.17, 15) is 8.42 Å². The maximum atomic E-state index is 12.6. The van der Waals surface area contributed by atoms with E-state index in [1.807, 2.05) is 6.92 Å². The van der Waals surface area contributed by atoms with E-state index in [4.69, 9.17) is 10.5 Å². The van der Waals surface area contributed by atoms with Gasteiger partial charge in [0, 0.05) is 30.4 Å². The summed E-state index contributed by atoms with van der Waals surface area (Å²) in [5.41, 5.74) is 5.69. The van der Waals surface area contributed by atoms with Crippen LogP contribution in [0.15, 0.2) is 21.6 Å². The first kappa shape index (κ1) is 14.7. The number of anilines is 1. The van der Waals surface area contributed by atoms with Gasteiger partial charge < -0.3 is 10.5 Å². The number of nitrogen functional groups attached to an aromatic ring is 1. The summed E-state index contributed by atoms with van der Waals surface area (Å²) in [4.78, 5) is 3.91. The molecular weight excluding hydrogens is 334 g/mol. The minimum Gasteiger partial charge on any atom is -0.383 e. The van der Waals surface area contributed by atoms with Gasteiger partial charge in [-0.2, -0.15) is 4.31 Å². The largest absolute Gasteiger partial charge is 0.383 e. The molecule has 2 N–H and O–H groups in total. The Morgan fingerprint density at radius 1 is 1.58 bits per heavy atom. The molecule has 1 aliphatic rings. The maximum absolute atomic E-state index is 12.6. The smallest absolute Gasteiger partial charge is 0.246 e. The van der Waals surface area contributed by atoms with Gasteiger partial charge in [0.25, 0.3) is 0 Å². The first-order chi connectivity index (χ1) is 8.91. The summed E-state index contributed by atoms with van der Waals surface area (Å²) in [6.07, 6.45) is 2.02. The molecule has 0 spiro atoms. The van der Waals surface area contributed by atoms with Gasteiger partial charge in [0.1, 0.15) is 10.7 Å². The van der Waals surface area contributed by atoms with Crippen LogP contribution in [0.4, 0.5) is 5.82 Å². The van der Waals surface area contributed by atoms with Crippen molar-refractivity contribution in [2.75, 3.05) is 25.4 Å². The molecular formula is C11H16BrN3O3S. The van der Waals surface area contributed by atoms with Gasteiger partial charge in [-0.1, -0.05) is 0 Å². The zero-order chi connectivity index (χ0) is 14.0. The lowest BCUT2D eigenvalue weighted by atomic mass is 10.4. The number of hydrogen-bond donors (Lipinski definition) is 1. The third kappa shape index (κ3) is 3.25. The second kappa shape index (κ2) is 5.74. The Hall–Kier alpha value is -0.700. The molecule has 1 aromatic heterocycles. The number of pyridine rings is 1. The Morgan fingerprint density at radius 3 is 3.05 bits per heavy atom. The quantitative estimate of drug-likeness (QED) is 0.867. The molecule has 0 bridgehead atoms. The van der Waals surface area contributed by atoms with Gasteiger partial charge in [-0.05, 0) is 35.3 Å². The van der Waals surface area contributed by atoms with Crippen LogP contribution in [0.3, 0.4) is 0 Å². The first-order valence-corrected chi connectivity index (χ1v) is 8.17. The fourth-order valence-corrected chi connectivity index (χ4v) is 4.08. The van der Waals surface area contributed by atoms with Crippen LogP contribution in [0.1, 0.15) is 13.3 Å². The summed E-state index contributed by atoms with van der Waals surface area (Å²) in [5, 5.41) is 0. The monoisotopic (exact) mass is 349 g/mol. The molecule has 0 amide bonds. The summed E-state index contributed by atoms with van der Waals surface area (Å²) in [5.74, 6) is 0.0148. The average molecular weight is 350 g/mol. The molecule has 0 saturated carbocycles. The van der Waals surface area contributed by atoms with Crippen molar-refractivity contribution in [2.45, 2.75) is 24.3 Å². The number of sulfonamides is 1. The molecule has 0 radical (unpaired) electrons. The second-order valence-electron chi connectivity index (χ2n) is 4.43. The fraction of sp³-hybridized carbons (Fsp3) is 0.545. The van der Waals surface area contributed by atoms with E-state index < -0.39 is 10.0 Å². The lowest BCUT2D eigenvalue weighted by Gasteiger charge is -2.22. The van der Waals surface area contributed by atoms with E-state index in [1.54, 1.807) is 0 Å². The number of aromatic nitrogens is 1. The van der Waals surface area contributed by atoms with Crippen molar-refractivity contribution in [3.63, 3.8) is 0 Å². The van der Waals surface area contributed by atoms with Gasteiger partial charge in [-0.3, -0.25) is 0 Å². The minimum atomic E-state index is -3.64. The molecule has 1 atom stereocenters. The molecule has 6 nitrogen and oxygen atoms in total. The molecule has 0 aliphatic carbocycles. The molecule has 1 unspecified atom stereocenters. The Bertz CT molecular complexity index is 564. The Labute approximate surface area is 121 Å². The summed E-state index contributed by atoms with van der Waals surface area (Å²) >= 11 is 3.21. The van der Waals surface area contributed by atoms with Crippen molar-refractivity contribution in [3.05, 3.63) is 16.7 Å². The highest BCUT2D eigenvalue weighted by molar-refractivity contribution is 9.10. The second-order valence-corrected chi connectivity index (χ2v) is 7.26. The summed E-state index contributed by atoms with van der Waals surface area (Å²) in [6, 6.07) is 1.48. The maximum Gasteiger partial charge on any atom is 0.246 e. The van der Waals surface area contributed by atoms with E-state index in [0.29, 0.717) is 30.6 Å². The van der Waals surface area contributed by atoms with E-state index in [2.05, 4.69) is 20.9 Å². The molecule has 106 valence electrons. The molecule has 19 heavy (non-hydrogen) atoms. The third-order valence-corrected chi connectivity index (χ3v) is 5.21. The van der Waals surface area contributed by atoms with Gasteiger partial charge in [0.15, 0.2) is 0 Å². The fourth-order valence-electron chi connectivity index (χ4n) is 1.95. The van der Waals surface area contributed by atoms with Crippen molar-refractivity contribution in [1.29, 1.82) is 0 Å². The van der Waals surface area contributed by atoms with Crippen molar-refractivity contribution < 1.29 is 13.2 Å². The lowest BCUT2D eigenvalue weighted by molar-refractivity contribution is 0.0752. The van der Waals surface area contributed by atoms with E-state index in [0.717, 1.165) is 0 Å². The number of ether oxygens (including phenoxy) is 1. The van der Waals surface area contributed by atoms with Crippen molar-refractivity contribution in [1.82, 2.24) is 9.29 Å². The standard InChI is InChI=1S/C11H16BrN3O3S/c1-8-7-15(3-2-4-18-8)19(16,17)10-5-9(12)6-14-11(10)13/h5-6,8H,2-4,7H2,1H3,(H2,13,14). The van der Waals surface area contributed by atoms with Crippen molar-refractivity contribution in [3.8, 4) is 0 Å². The highest BCUT2D eigenvalue weighted by Crippen LogP contribution is 2.25. The lowest BCUT2D eigenvalue weighted by Crippen LogP contribution is -2.36. The number of rotatable bonds is 2. The summed E-state index contributed by atoms with van der Waals surface area (Å²) in [6.45, 7) is 3.18. The summed E-state index contributed by atoms with van der Waals surface area (Å²) in [7, 11) is -3.64. The van der Waals surface area contributed by atoms with Gasteiger partial charge in [-0.15, -0.1) is 0 Å². The van der Waals surface area contributed by atoms with Crippen LogP contribution >= 0.6 is 15.9 Å². The predicted molar refractivity (Wildman–Crippen MR) is 75.1 cm³/mol. The first-order valence-electron chi connectivity index (χ1n) is 5.94. The van der Waals surface area contributed by atoms with Gasteiger partial charge in [0.2, 0.25) is 10.0 Å². The molecule has 1 saturated heterocycles. The highest BCUT2D eigenvalue weighted by Gasteiger charge is 2.30. The van der Waals surface area contributed by atoms with Crippen molar-refractivity contribution in [2.24, 2.45) is 0 Å². The average Bonchev–Trinajstić information content (AvgIpc) is 2.57. The normalized spacial score (nSPS) is 22.1. The van der Waals surface area contributed by atoms with E-state index >= 15 is 0 Å². The van der Waals surface area contributed by atoms with Crippen LogP contribution < -0.4 is 5.73 Å². The molecule has 8 heteroatoms. The van der Waals surface area contributed by atoms with Gasteiger partial charge in [-0.25, -0.2) is 13.4 Å².